The lowest BCUT2D eigenvalue weighted by molar-refractivity contribution is -0.153. The van der Waals surface area contributed by atoms with E-state index in [2.05, 4.69) is 20.5 Å². The molecule has 2 amide bonds. The van der Waals surface area contributed by atoms with Gasteiger partial charge in [0.2, 0.25) is 0 Å². The number of ether oxygens (including phenoxy) is 1. The van der Waals surface area contributed by atoms with Gasteiger partial charge in [0.1, 0.15) is 11.5 Å². The molecular weight excluding hydrogens is 417 g/mol. The van der Waals surface area contributed by atoms with Crippen molar-refractivity contribution in [2.45, 2.75) is 26.2 Å². The zero-order chi connectivity index (χ0) is 22.4. The van der Waals surface area contributed by atoms with E-state index in [-0.39, 0.29) is 29.2 Å². The molecular formula is C20H19F3N4O4. The van der Waals surface area contributed by atoms with E-state index < -0.39 is 24.6 Å². The molecule has 0 spiro atoms. The molecule has 0 saturated heterocycles. The molecule has 3 rings (SSSR count). The van der Waals surface area contributed by atoms with Crippen molar-refractivity contribution in [1.29, 1.82) is 0 Å². The smallest absolute Gasteiger partial charge is 0.422 e. The number of hydrogen-bond donors (Lipinski definition) is 2. The molecule has 2 N–H and O–H groups in total. The number of amides is 2. The molecule has 1 aromatic carbocycles. The Hall–Kier alpha value is -3.76. The molecule has 11 heteroatoms. The molecule has 0 fully saturated rings. The second kappa shape index (κ2) is 9.37. The number of furan rings is 1. The van der Waals surface area contributed by atoms with Crippen molar-refractivity contribution in [3.63, 3.8) is 0 Å². The summed E-state index contributed by atoms with van der Waals surface area (Å²) in [5.74, 6) is -0.718. The summed E-state index contributed by atoms with van der Waals surface area (Å²) in [5.41, 5.74) is 0.211. The van der Waals surface area contributed by atoms with Crippen molar-refractivity contribution in [1.82, 2.24) is 15.1 Å². The van der Waals surface area contributed by atoms with Crippen LogP contribution in [0.3, 0.4) is 0 Å². The number of hydrogen-bond acceptors (Lipinski definition) is 5. The lowest BCUT2D eigenvalue weighted by atomic mass is 10.2. The summed E-state index contributed by atoms with van der Waals surface area (Å²) in [6, 6.07) is 8.68. The van der Waals surface area contributed by atoms with Gasteiger partial charge in [0.15, 0.2) is 12.3 Å². The third kappa shape index (κ3) is 6.11. The van der Waals surface area contributed by atoms with Crippen molar-refractivity contribution >= 4 is 17.5 Å². The Balaban J connectivity index is 1.72. The minimum atomic E-state index is -4.50. The predicted octanol–water partition coefficient (Wildman–Crippen LogP) is 3.62. The maximum Gasteiger partial charge on any atom is 0.422 e. The van der Waals surface area contributed by atoms with Gasteiger partial charge in [-0.05, 0) is 37.3 Å². The zero-order valence-electron chi connectivity index (χ0n) is 16.4. The Kier molecular flexibility index (Phi) is 6.63. The topological polar surface area (TPSA) is 98.4 Å². The third-order valence-corrected chi connectivity index (χ3v) is 4.05. The maximum atomic E-state index is 12.6. The van der Waals surface area contributed by atoms with Gasteiger partial charge in [0, 0.05) is 18.3 Å². The van der Waals surface area contributed by atoms with E-state index in [1.807, 2.05) is 6.92 Å². The number of carbonyl (C=O) groups is 2. The highest BCUT2D eigenvalue weighted by Gasteiger charge is 2.28. The molecule has 0 radical (unpaired) electrons. The fourth-order valence-electron chi connectivity index (χ4n) is 2.59. The Bertz CT molecular complexity index is 1050. The lowest BCUT2D eigenvalue weighted by Crippen LogP contribution is -2.25. The summed E-state index contributed by atoms with van der Waals surface area (Å²) >= 11 is 0. The highest BCUT2D eigenvalue weighted by molar-refractivity contribution is 6.08. The van der Waals surface area contributed by atoms with Gasteiger partial charge in [-0.1, -0.05) is 6.07 Å². The molecule has 8 nitrogen and oxygen atoms in total. The quantitative estimate of drug-likeness (QED) is 0.562. The van der Waals surface area contributed by atoms with E-state index in [1.165, 1.54) is 41.4 Å². The summed E-state index contributed by atoms with van der Waals surface area (Å²) in [6.07, 6.45) is -1.53. The average Bonchev–Trinajstić information content (AvgIpc) is 3.40. The molecule has 0 aliphatic heterocycles. The normalized spacial score (nSPS) is 11.2. The van der Waals surface area contributed by atoms with Gasteiger partial charge >= 0.3 is 6.18 Å². The number of carbonyl (C=O) groups excluding carboxylic acids is 2. The summed E-state index contributed by atoms with van der Waals surface area (Å²) in [6.45, 7) is 0.928. The number of aromatic nitrogens is 2. The molecule has 2 heterocycles. The van der Waals surface area contributed by atoms with E-state index in [9.17, 15) is 22.8 Å². The van der Waals surface area contributed by atoms with Gasteiger partial charge in [-0.15, -0.1) is 0 Å². The number of alkyl halides is 3. The van der Waals surface area contributed by atoms with Crippen LogP contribution in [0.1, 0.15) is 33.5 Å². The monoisotopic (exact) mass is 436 g/mol. The van der Waals surface area contributed by atoms with Crippen LogP contribution in [0.4, 0.5) is 18.9 Å². The molecule has 0 atom stereocenters. The first-order chi connectivity index (χ1) is 14.7. The van der Waals surface area contributed by atoms with Crippen LogP contribution in [0.5, 0.6) is 5.75 Å². The van der Waals surface area contributed by atoms with Crippen molar-refractivity contribution in [3.05, 3.63) is 65.9 Å². The molecule has 0 aliphatic rings. The van der Waals surface area contributed by atoms with Crippen LogP contribution in [0.2, 0.25) is 0 Å². The van der Waals surface area contributed by atoms with Crippen LogP contribution in [0, 0.1) is 0 Å². The maximum absolute atomic E-state index is 12.6. The van der Waals surface area contributed by atoms with Gasteiger partial charge in [0.05, 0.1) is 18.5 Å². The van der Waals surface area contributed by atoms with Gasteiger partial charge < -0.3 is 19.8 Å². The standard InChI is InChI=1S/C20H19F3N4O4/c1-2-27-11-16(17(26-27)19(29)24-10-15-7-4-8-30-15)25-18(28)13-5-3-6-14(9-13)31-12-20(21,22)23/h3-9,11H,2,10,12H2,1H3,(H,24,29)(H,25,28). The van der Waals surface area contributed by atoms with Crippen LogP contribution in [0.25, 0.3) is 0 Å². The summed E-state index contributed by atoms with van der Waals surface area (Å²) in [4.78, 5) is 25.1. The number of benzene rings is 1. The molecule has 0 unspecified atom stereocenters. The van der Waals surface area contributed by atoms with Crippen molar-refractivity contribution in [2.24, 2.45) is 0 Å². The van der Waals surface area contributed by atoms with E-state index in [1.54, 1.807) is 12.1 Å². The second-order valence-corrected chi connectivity index (χ2v) is 6.39. The molecule has 31 heavy (non-hydrogen) atoms. The number of nitrogens with one attached hydrogen (secondary N) is 2. The highest BCUT2D eigenvalue weighted by atomic mass is 19.4. The molecule has 164 valence electrons. The Morgan fingerprint density at radius 3 is 2.68 bits per heavy atom. The summed E-state index contributed by atoms with van der Waals surface area (Å²) < 4.78 is 48.3. The Morgan fingerprint density at radius 2 is 2.00 bits per heavy atom. The van der Waals surface area contributed by atoms with E-state index in [0.29, 0.717) is 12.3 Å². The second-order valence-electron chi connectivity index (χ2n) is 6.39. The minimum Gasteiger partial charge on any atom is -0.484 e. The van der Waals surface area contributed by atoms with Gasteiger partial charge in [-0.3, -0.25) is 14.3 Å². The molecule has 0 saturated carbocycles. The number of nitrogens with zero attached hydrogens (tertiary/aromatic N) is 2. The van der Waals surface area contributed by atoms with E-state index in [0.717, 1.165) is 0 Å². The van der Waals surface area contributed by atoms with Crippen LogP contribution in [-0.4, -0.2) is 34.4 Å². The lowest BCUT2D eigenvalue weighted by Gasteiger charge is -2.10. The SMILES string of the molecule is CCn1cc(NC(=O)c2cccc(OCC(F)(F)F)c2)c(C(=O)NCc2ccco2)n1. The summed E-state index contributed by atoms with van der Waals surface area (Å²) in [7, 11) is 0. The first kappa shape index (κ1) is 21.9. The average molecular weight is 436 g/mol. The van der Waals surface area contributed by atoms with Gasteiger partial charge in [0.25, 0.3) is 11.8 Å². The Labute approximate surface area is 175 Å². The van der Waals surface area contributed by atoms with Gasteiger partial charge in [-0.25, -0.2) is 0 Å². The van der Waals surface area contributed by atoms with E-state index >= 15 is 0 Å². The molecule has 2 aromatic heterocycles. The number of halogens is 3. The fraction of sp³-hybridized carbons (Fsp3) is 0.250. The van der Waals surface area contributed by atoms with Crippen molar-refractivity contribution in [2.75, 3.05) is 11.9 Å². The first-order valence-corrected chi connectivity index (χ1v) is 9.24. The number of aryl methyl sites for hydroxylation is 1. The van der Waals surface area contributed by atoms with Crippen LogP contribution in [0.15, 0.2) is 53.3 Å². The zero-order valence-corrected chi connectivity index (χ0v) is 16.4. The number of rotatable bonds is 8. The largest absolute Gasteiger partial charge is 0.484 e. The van der Waals surface area contributed by atoms with Gasteiger partial charge in [-0.2, -0.15) is 18.3 Å². The number of anilines is 1. The van der Waals surface area contributed by atoms with Crippen molar-refractivity contribution < 1.29 is 31.9 Å². The van der Waals surface area contributed by atoms with E-state index in [4.69, 9.17) is 4.42 Å². The third-order valence-electron chi connectivity index (χ3n) is 4.05. The van der Waals surface area contributed by atoms with Crippen LogP contribution >= 0.6 is 0 Å². The molecule has 0 aliphatic carbocycles. The molecule has 0 bridgehead atoms. The highest BCUT2D eigenvalue weighted by Crippen LogP contribution is 2.21. The Morgan fingerprint density at radius 1 is 1.19 bits per heavy atom. The van der Waals surface area contributed by atoms with Crippen LogP contribution in [-0.2, 0) is 13.1 Å². The predicted molar refractivity (Wildman–Crippen MR) is 104 cm³/mol. The van der Waals surface area contributed by atoms with Crippen molar-refractivity contribution in [3.8, 4) is 5.75 Å². The molecule has 3 aromatic rings. The first-order valence-electron chi connectivity index (χ1n) is 9.24. The minimum absolute atomic E-state index is 0.00812. The summed E-state index contributed by atoms with van der Waals surface area (Å²) in [5, 5.41) is 9.38. The van der Waals surface area contributed by atoms with Crippen LogP contribution < -0.4 is 15.4 Å². The fourth-order valence-corrected chi connectivity index (χ4v) is 2.59.